The highest BCUT2D eigenvalue weighted by Gasteiger charge is 2.20. The van der Waals surface area contributed by atoms with E-state index in [2.05, 4.69) is 25.8 Å². The van der Waals surface area contributed by atoms with Crippen LogP contribution < -0.4 is 9.64 Å². The summed E-state index contributed by atoms with van der Waals surface area (Å²) in [6.45, 7) is 7.45. The Labute approximate surface area is 147 Å². The van der Waals surface area contributed by atoms with Gasteiger partial charge in [-0.25, -0.2) is 9.97 Å². The molecule has 4 rings (SSSR count). The molecule has 4 heterocycles. The lowest BCUT2D eigenvalue weighted by Gasteiger charge is -2.35. The highest BCUT2D eigenvalue weighted by atomic mass is 16.5. The quantitative estimate of drug-likeness (QED) is 0.713. The van der Waals surface area contributed by atoms with Crippen molar-refractivity contribution in [1.29, 1.82) is 0 Å². The van der Waals surface area contributed by atoms with Gasteiger partial charge in [0.15, 0.2) is 0 Å². The van der Waals surface area contributed by atoms with Crippen LogP contribution in [0.2, 0.25) is 0 Å². The third kappa shape index (κ3) is 3.44. The summed E-state index contributed by atoms with van der Waals surface area (Å²) in [4.78, 5) is 13.7. The van der Waals surface area contributed by atoms with Crippen molar-refractivity contribution < 1.29 is 9.15 Å². The molecule has 1 saturated heterocycles. The normalized spacial score (nSPS) is 15.6. The van der Waals surface area contributed by atoms with Crippen molar-refractivity contribution in [3.8, 4) is 5.88 Å². The highest BCUT2D eigenvalue weighted by Crippen LogP contribution is 2.26. The van der Waals surface area contributed by atoms with Crippen molar-refractivity contribution in [3.05, 3.63) is 48.5 Å². The van der Waals surface area contributed by atoms with E-state index >= 15 is 0 Å². The summed E-state index contributed by atoms with van der Waals surface area (Å²) in [5.74, 6) is 1.71. The Kier molecular flexibility index (Phi) is 4.52. The monoisotopic (exact) mass is 338 g/mol. The van der Waals surface area contributed by atoms with Crippen LogP contribution >= 0.6 is 0 Å². The Balaban J connectivity index is 1.37. The number of pyridine rings is 2. The smallest absolute Gasteiger partial charge is 0.213 e. The molecule has 0 aliphatic carbocycles. The second kappa shape index (κ2) is 7.11. The first-order valence-corrected chi connectivity index (χ1v) is 8.71. The zero-order valence-corrected chi connectivity index (χ0v) is 14.4. The molecule has 6 heteroatoms. The molecule has 0 saturated carbocycles. The molecule has 0 N–H and O–H groups in total. The van der Waals surface area contributed by atoms with Crippen LogP contribution in [0.1, 0.15) is 12.5 Å². The van der Waals surface area contributed by atoms with Crippen molar-refractivity contribution in [3.63, 3.8) is 0 Å². The molecular weight excluding hydrogens is 316 g/mol. The lowest BCUT2D eigenvalue weighted by molar-refractivity contribution is 0.249. The molecular formula is C19H22N4O2. The molecule has 0 unspecified atom stereocenters. The summed E-state index contributed by atoms with van der Waals surface area (Å²) in [5, 5.41) is 1.09. The average Bonchev–Trinajstić information content (AvgIpc) is 3.13. The number of aromatic nitrogens is 2. The van der Waals surface area contributed by atoms with Crippen LogP contribution in [0.4, 0.5) is 5.82 Å². The summed E-state index contributed by atoms with van der Waals surface area (Å²) in [7, 11) is 0. The molecule has 1 fully saturated rings. The van der Waals surface area contributed by atoms with Gasteiger partial charge in [-0.2, -0.15) is 0 Å². The molecule has 0 bridgehead atoms. The number of anilines is 1. The van der Waals surface area contributed by atoms with Gasteiger partial charge < -0.3 is 14.1 Å². The zero-order valence-electron chi connectivity index (χ0n) is 14.4. The lowest BCUT2D eigenvalue weighted by Crippen LogP contribution is -2.46. The van der Waals surface area contributed by atoms with Gasteiger partial charge in [0.2, 0.25) is 5.88 Å². The van der Waals surface area contributed by atoms with Crippen molar-refractivity contribution in [2.75, 3.05) is 37.7 Å². The number of fused-ring (bicyclic) bond motifs is 1. The molecule has 0 atom stereocenters. The molecule has 3 aromatic rings. The standard InChI is InChI=1S/C19H22N4O2/c1-2-24-18-4-3-15(13-21-18)14-22-8-10-23(11-9-22)19-16-6-12-25-17(16)5-7-20-19/h3-7,12-13H,2,8-11,14H2,1H3. The molecule has 25 heavy (non-hydrogen) atoms. The molecule has 0 radical (unpaired) electrons. The Morgan fingerprint density at radius 1 is 1.08 bits per heavy atom. The number of piperazine rings is 1. The first kappa shape index (κ1) is 15.9. The fraction of sp³-hybridized carbons (Fsp3) is 0.368. The second-order valence-electron chi connectivity index (χ2n) is 6.17. The maximum Gasteiger partial charge on any atom is 0.213 e. The number of hydrogen-bond donors (Lipinski definition) is 0. The van der Waals surface area contributed by atoms with Crippen LogP contribution in [0.15, 0.2) is 47.3 Å². The first-order valence-electron chi connectivity index (χ1n) is 8.71. The van der Waals surface area contributed by atoms with E-state index in [0.29, 0.717) is 12.5 Å². The summed E-state index contributed by atoms with van der Waals surface area (Å²) in [6.07, 6.45) is 5.45. The molecule has 0 amide bonds. The van der Waals surface area contributed by atoms with Crippen molar-refractivity contribution in [2.45, 2.75) is 13.5 Å². The van der Waals surface area contributed by atoms with Gasteiger partial charge in [0.25, 0.3) is 0 Å². The van der Waals surface area contributed by atoms with Gasteiger partial charge in [0, 0.05) is 51.2 Å². The SMILES string of the molecule is CCOc1ccc(CN2CCN(c3nccc4occc34)CC2)cn1. The molecule has 6 nitrogen and oxygen atoms in total. The maximum atomic E-state index is 5.48. The molecule has 0 spiro atoms. The van der Waals surface area contributed by atoms with Crippen LogP contribution in [0.25, 0.3) is 11.0 Å². The zero-order chi connectivity index (χ0) is 17.1. The van der Waals surface area contributed by atoms with Crippen molar-refractivity contribution in [1.82, 2.24) is 14.9 Å². The van der Waals surface area contributed by atoms with Crippen molar-refractivity contribution >= 4 is 16.8 Å². The summed E-state index contributed by atoms with van der Waals surface area (Å²) in [5.41, 5.74) is 2.11. The number of rotatable bonds is 5. The fourth-order valence-electron chi connectivity index (χ4n) is 3.25. The van der Waals surface area contributed by atoms with E-state index in [1.165, 1.54) is 5.56 Å². The van der Waals surface area contributed by atoms with Gasteiger partial charge in [-0.15, -0.1) is 0 Å². The average molecular weight is 338 g/mol. The van der Waals surface area contributed by atoms with Gasteiger partial charge in [0.05, 0.1) is 18.3 Å². The van der Waals surface area contributed by atoms with E-state index < -0.39 is 0 Å². The van der Waals surface area contributed by atoms with E-state index in [9.17, 15) is 0 Å². The minimum atomic E-state index is 0.645. The van der Waals surface area contributed by atoms with Crippen molar-refractivity contribution in [2.24, 2.45) is 0 Å². The number of furan rings is 1. The van der Waals surface area contributed by atoms with Gasteiger partial charge >= 0.3 is 0 Å². The predicted molar refractivity (Wildman–Crippen MR) is 96.9 cm³/mol. The Morgan fingerprint density at radius 3 is 2.72 bits per heavy atom. The summed E-state index contributed by atoms with van der Waals surface area (Å²) < 4.78 is 10.9. The topological polar surface area (TPSA) is 54.6 Å². The summed E-state index contributed by atoms with van der Waals surface area (Å²) >= 11 is 0. The van der Waals surface area contributed by atoms with Gasteiger partial charge in [-0.3, -0.25) is 4.90 Å². The predicted octanol–water partition coefficient (Wildman–Crippen LogP) is 2.94. The minimum Gasteiger partial charge on any atom is -0.478 e. The van der Waals surface area contributed by atoms with Gasteiger partial charge in [-0.1, -0.05) is 6.07 Å². The van der Waals surface area contributed by atoms with E-state index in [4.69, 9.17) is 9.15 Å². The third-order valence-electron chi connectivity index (χ3n) is 4.53. The van der Waals surface area contributed by atoms with E-state index in [1.807, 2.05) is 37.5 Å². The number of hydrogen-bond acceptors (Lipinski definition) is 6. The number of nitrogens with zero attached hydrogens (tertiary/aromatic N) is 4. The summed E-state index contributed by atoms with van der Waals surface area (Å²) in [6, 6.07) is 7.94. The molecule has 3 aromatic heterocycles. The second-order valence-corrected chi connectivity index (χ2v) is 6.17. The van der Waals surface area contributed by atoms with E-state index in [1.54, 1.807) is 6.26 Å². The van der Waals surface area contributed by atoms with Crippen LogP contribution in [0.5, 0.6) is 5.88 Å². The maximum absolute atomic E-state index is 5.48. The van der Waals surface area contributed by atoms with E-state index in [0.717, 1.165) is 49.5 Å². The molecule has 1 aliphatic heterocycles. The van der Waals surface area contributed by atoms with Crippen LogP contribution in [0.3, 0.4) is 0 Å². The van der Waals surface area contributed by atoms with Crippen LogP contribution in [-0.4, -0.2) is 47.7 Å². The first-order chi connectivity index (χ1) is 12.3. The number of ether oxygens (including phenoxy) is 1. The largest absolute Gasteiger partial charge is 0.478 e. The Hall–Kier alpha value is -2.60. The van der Waals surface area contributed by atoms with E-state index in [-0.39, 0.29) is 0 Å². The molecule has 1 aliphatic rings. The highest BCUT2D eigenvalue weighted by molar-refractivity contribution is 5.88. The van der Waals surface area contributed by atoms with Crippen LogP contribution in [0, 0.1) is 0 Å². The molecule has 0 aromatic carbocycles. The lowest BCUT2D eigenvalue weighted by atomic mass is 10.2. The minimum absolute atomic E-state index is 0.645. The fourth-order valence-corrected chi connectivity index (χ4v) is 3.25. The Bertz CT molecular complexity index is 823. The van der Waals surface area contributed by atoms with Crippen LogP contribution in [-0.2, 0) is 6.54 Å². The molecule has 130 valence electrons. The van der Waals surface area contributed by atoms with Gasteiger partial charge in [-0.05, 0) is 24.6 Å². The third-order valence-corrected chi connectivity index (χ3v) is 4.53. The Morgan fingerprint density at radius 2 is 1.96 bits per heavy atom. The van der Waals surface area contributed by atoms with Gasteiger partial charge in [0.1, 0.15) is 11.4 Å².